The molecule has 0 radical (unpaired) electrons. The summed E-state index contributed by atoms with van der Waals surface area (Å²) in [5, 5.41) is 12.6. The number of hydrogen-bond acceptors (Lipinski definition) is 2. The fourth-order valence-electron chi connectivity index (χ4n) is 2.26. The van der Waals surface area contributed by atoms with E-state index in [9.17, 15) is 14.3 Å². The fraction of sp³-hybridized carbons (Fsp3) is 0.562. The second-order valence-corrected chi connectivity index (χ2v) is 5.08. The molecule has 0 aromatic heterocycles. The van der Waals surface area contributed by atoms with Gasteiger partial charge in [-0.1, -0.05) is 38.8 Å². The molecule has 0 aliphatic carbocycles. The van der Waals surface area contributed by atoms with Crippen LogP contribution in [0.2, 0.25) is 0 Å². The Balaban J connectivity index is 2.30. The summed E-state index contributed by atoms with van der Waals surface area (Å²) < 4.78 is 13.0. The zero-order valence-electron chi connectivity index (χ0n) is 12.2. The van der Waals surface area contributed by atoms with E-state index in [0.717, 1.165) is 18.4 Å². The summed E-state index contributed by atoms with van der Waals surface area (Å²) in [5.74, 6) is -0.176. The second kappa shape index (κ2) is 8.69. The number of rotatable bonds is 8. The highest BCUT2D eigenvalue weighted by Gasteiger charge is 2.16. The summed E-state index contributed by atoms with van der Waals surface area (Å²) in [4.78, 5) is 11.7. The van der Waals surface area contributed by atoms with E-state index in [1.165, 1.54) is 12.1 Å². The largest absolute Gasteiger partial charge is 0.391 e. The Morgan fingerprint density at radius 2 is 2.05 bits per heavy atom. The van der Waals surface area contributed by atoms with Crippen LogP contribution in [-0.2, 0) is 11.2 Å². The van der Waals surface area contributed by atoms with Gasteiger partial charge < -0.3 is 10.4 Å². The van der Waals surface area contributed by atoms with Crippen LogP contribution in [0.15, 0.2) is 24.3 Å². The van der Waals surface area contributed by atoms with Gasteiger partial charge >= 0.3 is 0 Å². The van der Waals surface area contributed by atoms with Crippen molar-refractivity contribution < 1.29 is 14.3 Å². The number of amides is 1. The van der Waals surface area contributed by atoms with E-state index in [0.29, 0.717) is 12.8 Å². The van der Waals surface area contributed by atoms with Gasteiger partial charge in [0.25, 0.3) is 0 Å². The van der Waals surface area contributed by atoms with Crippen molar-refractivity contribution >= 4 is 5.91 Å². The second-order valence-electron chi connectivity index (χ2n) is 5.08. The fourth-order valence-corrected chi connectivity index (χ4v) is 2.26. The zero-order chi connectivity index (χ0) is 15.0. The van der Waals surface area contributed by atoms with Gasteiger partial charge in [-0.25, -0.2) is 4.39 Å². The minimum absolute atomic E-state index is 0.112. The Labute approximate surface area is 120 Å². The van der Waals surface area contributed by atoms with Crippen LogP contribution in [0.1, 0.15) is 38.7 Å². The van der Waals surface area contributed by atoms with Crippen molar-refractivity contribution in [3.05, 3.63) is 35.6 Å². The van der Waals surface area contributed by atoms with Crippen LogP contribution in [0.25, 0.3) is 0 Å². The number of benzene rings is 1. The first-order chi connectivity index (χ1) is 9.56. The summed E-state index contributed by atoms with van der Waals surface area (Å²) >= 11 is 0. The molecule has 0 fully saturated rings. The van der Waals surface area contributed by atoms with E-state index in [-0.39, 0.29) is 24.2 Å². The normalized spacial score (nSPS) is 12.4. The summed E-state index contributed by atoms with van der Waals surface area (Å²) in [5.41, 5.74) is 0.806. The number of aryl methyl sites for hydroxylation is 1. The summed E-state index contributed by atoms with van der Waals surface area (Å²) in [7, 11) is 0. The van der Waals surface area contributed by atoms with Crippen molar-refractivity contribution in [2.45, 2.75) is 45.6 Å². The number of carbonyl (C=O) groups excluding carboxylic acids is 1. The predicted molar refractivity (Wildman–Crippen MR) is 77.8 cm³/mol. The molecule has 1 amide bonds. The Morgan fingerprint density at radius 3 is 2.65 bits per heavy atom. The van der Waals surface area contributed by atoms with Gasteiger partial charge in [0.05, 0.1) is 6.10 Å². The molecule has 1 rings (SSSR count). The Kier molecular flexibility index (Phi) is 7.23. The zero-order valence-corrected chi connectivity index (χ0v) is 12.2. The third-order valence-corrected chi connectivity index (χ3v) is 3.63. The van der Waals surface area contributed by atoms with Gasteiger partial charge in [0.15, 0.2) is 0 Å². The molecule has 1 atom stereocenters. The van der Waals surface area contributed by atoms with E-state index >= 15 is 0 Å². The van der Waals surface area contributed by atoms with Gasteiger partial charge in [-0.3, -0.25) is 4.79 Å². The molecule has 3 nitrogen and oxygen atoms in total. The Hall–Kier alpha value is -1.42. The molecule has 0 spiro atoms. The Bertz CT molecular complexity index is 419. The molecular formula is C16H24FNO2. The van der Waals surface area contributed by atoms with E-state index in [2.05, 4.69) is 5.32 Å². The average molecular weight is 281 g/mol. The van der Waals surface area contributed by atoms with Crippen LogP contribution in [0.3, 0.4) is 0 Å². The maximum atomic E-state index is 13.0. The van der Waals surface area contributed by atoms with Gasteiger partial charge in [0.2, 0.25) is 5.91 Å². The molecule has 0 aliphatic rings. The molecule has 1 aromatic rings. The molecule has 0 heterocycles. The van der Waals surface area contributed by atoms with Crippen LogP contribution in [-0.4, -0.2) is 23.7 Å². The lowest BCUT2D eigenvalue weighted by atomic mass is 9.96. The third kappa shape index (κ3) is 5.70. The van der Waals surface area contributed by atoms with Gasteiger partial charge in [-0.05, 0) is 30.0 Å². The van der Waals surface area contributed by atoms with Crippen LogP contribution in [0.5, 0.6) is 0 Å². The van der Waals surface area contributed by atoms with Gasteiger partial charge in [-0.15, -0.1) is 0 Å². The van der Waals surface area contributed by atoms with Crippen molar-refractivity contribution in [1.29, 1.82) is 0 Å². The number of carbonyl (C=O) groups is 1. The average Bonchev–Trinajstić information content (AvgIpc) is 2.44. The first-order valence-corrected chi connectivity index (χ1v) is 7.26. The monoisotopic (exact) mass is 281 g/mol. The highest BCUT2D eigenvalue weighted by molar-refractivity contribution is 5.76. The molecule has 1 aromatic carbocycles. The highest BCUT2D eigenvalue weighted by atomic mass is 19.1. The van der Waals surface area contributed by atoms with Crippen LogP contribution in [0.4, 0.5) is 4.39 Å². The van der Waals surface area contributed by atoms with Crippen LogP contribution < -0.4 is 5.32 Å². The molecule has 4 heteroatoms. The summed E-state index contributed by atoms with van der Waals surface area (Å²) in [6.07, 6.45) is 2.11. The minimum atomic E-state index is -0.497. The maximum absolute atomic E-state index is 13.0. The highest BCUT2D eigenvalue weighted by Crippen LogP contribution is 2.12. The van der Waals surface area contributed by atoms with E-state index in [1.54, 1.807) is 12.1 Å². The SMILES string of the molecule is CCC(CC)C(O)CNC(=O)CCc1cccc(F)c1. The number of aliphatic hydroxyl groups excluding tert-OH is 1. The van der Waals surface area contributed by atoms with Crippen molar-refractivity contribution in [1.82, 2.24) is 5.32 Å². The molecule has 2 N–H and O–H groups in total. The lowest BCUT2D eigenvalue weighted by Gasteiger charge is -2.20. The number of halogens is 1. The molecule has 0 aliphatic heterocycles. The molecule has 112 valence electrons. The molecule has 0 saturated carbocycles. The number of aliphatic hydroxyl groups is 1. The van der Waals surface area contributed by atoms with Crippen molar-refractivity contribution in [3.8, 4) is 0 Å². The minimum Gasteiger partial charge on any atom is -0.391 e. The van der Waals surface area contributed by atoms with E-state index < -0.39 is 6.10 Å². The maximum Gasteiger partial charge on any atom is 0.220 e. The van der Waals surface area contributed by atoms with Gasteiger partial charge in [0.1, 0.15) is 5.82 Å². The van der Waals surface area contributed by atoms with Crippen molar-refractivity contribution in [2.24, 2.45) is 5.92 Å². The summed E-state index contributed by atoms with van der Waals surface area (Å²) in [6, 6.07) is 6.26. The quantitative estimate of drug-likeness (QED) is 0.769. The number of nitrogens with one attached hydrogen (secondary N) is 1. The smallest absolute Gasteiger partial charge is 0.220 e. The Morgan fingerprint density at radius 1 is 1.35 bits per heavy atom. The van der Waals surface area contributed by atoms with Crippen molar-refractivity contribution in [2.75, 3.05) is 6.54 Å². The first kappa shape index (κ1) is 16.6. The lowest BCUT2D eigenvalue weighted by Crippen LogP contribution is -2.36. The van der Waals surface area contributed by atoms with Crippen LogP contribution >= 0.6 is 0 Å². The third-order valence-electron chi connectivity index (χ3n) is 3.63. The predicted octanol–water partition coefficient (Wildman–Crippen LogP) is 2.67. The molecule has 0 saturated heterocycles. The summed E-state index contributed by atoms with van der Waals surface area (Å²) in [6.45, 7) is 4.35. The van der Waals surface area contributed by atoms with Gasteiger partial charge in [0, 0.05) is 13.0 Å². The van der Waals surface area contributed by atoms with Gasteiger partial charge in [-0.2, -0.15) is 0 Å². The van der Waals surface area contributed by atoms with E-state index in [4.69, 9.17) is 0 Å². The molecule has 0 bridgehead atoms. The van der Waals surface area contributed by atoms with Crippen LogP contribution in [0, 0.1) is 11.7 Å². The van der Waals surface area contributed by atoms with E-state index in [1.807, 2.05) is 13.8 Å². The van der Waals surface area contributed by atoms with Crippen molar-refractivity contribution in [3.63, 3.8) is 0 Å². The molecule has 20 heavy (non-hydrogen) atoms. The first-order valence-electron chi connectivity index (χ1n) is 7.26. The number of hydrogen-bond donors (Lipinski definition) is 2. The molecular weight excluding hydrogens is 257 g/mol. The topological polar surface area (TPSA) is 49.3 Å². The standard InChI is InChI=1S/C16H24FNO2/c1-3-13(4-2)15(19)11-18-16(20)9-8-12-6-5-7-14(17)10-12/h5-7,10,13,15,19H,3-4,8-9,11H2,1-2H3,(H,18,20). The molecule has 1 unspecified atom stereocenters. The lowest BCUT2D eigenvalue weighted by molar-refractivity contribution is -0.121.